The molecule has 0 fully saturated rings. The van der Waals surface area contributed by atoms with Crippen LogP contribution in [0, 0.1) is 5.92 Å². The summed E-state index contributed by atoms with van der Waals surface area (Å²) < 4.78 is 32.5. The van der Waals surface area contributed by atoms with Crippen LogP contribution in [0.4, 0.5) is 0 Å². The zero-order valence-corrected chi connectivity index (χ0v) is 18.8. The summed E-state index contributed by atoms with van der Waals surface area (Å²) in [5.41, 5.74) is 0.914. The molecule has 158 valence electrons. The minimum absolute atomic E-state index is 0.131. The van der Waals surface area contributed by atoms with Crippen molar-refractivity contribution in [3.63, 3.8) is 0 Å². The summed E-state index contributed by atoms with van der Waals surface area (Å²) in [6.45, 7) is 14.0. The van der Waals surface area contributed by atoms with Crippen molar-refractivity contribution in [2.24, 2.45) is 5.92 Å². The van der Waals surface area contributed by atoms with Gasteiger partial charge in [-0.1, -0.05) is 27.7 Å². The Kier molecular flexibility index (Phi) is 10.5. The van der Waals surface area contributed by atoms with Crippen LogP contribution in [-0.4, -0.2) is 80.5 Å². The highest BCUT2D eigenvalue weighted by molar-refractivity contribution is 7.91. The summed E-state index contributed by atoms with van der Waals surface area (Å²) in [6, 6.07) is 0. The molecule has 1 aromatic rings. The summed E-state index contributed by atoms with van der Waals surface area (Å²) in [7, 11) is 0.289. The Labute approximate surface area is 165 Å². The van der Waals surface area contributed by atoms with Gasteiger partial charge in [-0.3, -0.25) is 4.90 Å². The lowest BCUT2D eigenvalue weighted by Crippen LogP contribution is -2.33. The first-order valence-corrected chi connectivity index (χ1v) is 11.6. The number of methoxy groups -OCH3 is 1. The van der Waals surface area contributed by atoms with Crippen LogP contribution in [0.15, 0.2) is 11.4 Å². The van der Waals surface area contributed by atoms with E-state index in [1.165, 1.54) is 0 Å². The smallest absolute Gasteiger partial charge is 0.227 e. The number of rotatable bonds is 14. The van der Waals surface area contributed by atoms with Crippen LogP contribution < -0.4 is 0 Å². The van der Waals surface area contributed by atoms with Crippen LogP contribution in [0.3, 0.4) is 0 Å². The number of nitrogens with zero attached hydrogens (tertiary/aromatic N) is 4. The van der Waals surface area contributed by atoms with Gasteiger partial charge in [0.05, 0.1) is 24.3 Å². The number of imidazole rings is 1. The van der Waals surface area contributed by atoms with Crippen LogP contribution in [0.2, 0.25) is 0 Å². The van der Waals surface area contributed by atoms with E-state index in [2.05, 4.69) is 35.7 Å². The van der Waals surface area contributed by atoms with Gasteiger partial charge in [-0.25, -0.2) is 13.4 Å². The minimum Gasteiger partial charge on any atom is -0.383 e. The van der Waals surface area contributed by atoms with Crippen molar-refractivity contribution in [1.82, 2.24) is 19.4 Å². The minimum atomic E-state index is -3.40. The summed E-state index contributed by atoms with van der Waals surface area (Å²) in [5, 5.41) is 0.173. The van der Waals surface area contributed by atoms with Crippen molar-refractivity contribution < 1.29 is 13.2 Å². The zero-order valence-electron chi connectivity index (χ0n) is 17.9. The van der Waals surface area contributed by atoms with Gasteiger partial charge in [0, 0.05) is 33.3 Å². The van der Waals surface area contributed by atoms with Crippen molar-refractivity contribution in [1.29, 1.82) is 0 Å². The summed E-state index contributed by atoms with van der Waals surface area (Å²) in [4.78, 5) is 8.87. The van der Waals surface area contributed by atoms with Crippen molar-refractivity contribution in [3.05, 3.63) is 11.9 Å². The van der Waals surface area contributed by atoms with E-state index >= 15 is 0 Å². The molecule has 0 spiro atoms. The lowest BCUT2D eigenvalue weighted by Gasteiger charge is -2.23. The standard InChI is InChI=1S/C19H38N4O3S/c1-7-22(8-2)11-10-21(5)16-18-15-20-19(23(18)12-13-26-6)27(24,25)14-9-17(3)4/h15,17H,7-14,16H2,1-6H3. The SMILES string of the molecule is CCN(CC)CCN(C)Cc1cnc(S(=O)(=O)CCC(C)C)n1CCOC. The van der Waals surface area contributed by atoms with Crippen LogP contribution in [0.1, 0.15) is 39.8 Å². The first-order chi connectivity index (χ1) is 12.7. The third kappa shape index (κ3) is 7.89. The molecule has 0 radical (unpaired) electrons. The molecule has 27 heavy (non-hydrogen) atoms. The second kappa shape index (κ2) is 11.8. The molecule has 0 aliphatic carbocycles. The van der Waals surface area contributed by atoms with Gasteiger partial charge in [-0.15, -0.1) is 0 Å². The average molecular weight is 403 g/mol. The van der Waals surface area contributed by atoms with Crippen molar-refractivity contribution in [2.45, 2.75) is 52.4 Å². The molecular weight excluding hydrogens is 364 g/mol. The summed E-state index contributed by atoms with van der Waals surface area (Å²) in [6.07, 6.45) is 2.34. The maximum absolute atomic E-state index is 12.8. The van der Waals surface area contributed by atoms with Gasteiger partial charge < -0.3 is 14.2 Å². The second-order valence-electron chi connectivity index (χ2n) is 7.44. The molecule has 0 saturated carbocycles. The van der Waals surface area contributed by atoms with Crippen molar-refractivity contribution >= 4 is 9.84 Å². The number of hydrogen-bond donors (Lipinski definition) is 0. The van der Waals surface area contributed by atoms with Gasteiger partial charge in [-0.2, -0.15) is 0 Å². The molecule has 0 aliphatic rings. The van der Waals surface area contributed by atoms with Crippen LogP contribution in [0.25, 0.3) is 0 Å². The molecule has 7 nitrogen and oxygen atoms in total. The Morgan fingerprint density at radius 3 is 2.44 bits per heavy atom. The molecule has 1 aromatic heterocycles. The number of sulfone groups is 1. The Morgan fingerprint density at radius 1 is 1.22 bits per heavy atom. The Hall–Kier alpha value is -0.960. The van der Waals surface area contributed by atoms with Gasteiger partial charge in [-0.05, 0) is 32.5 Å². The number of hydrogen-bond acceptors (Lipinski definition) is 6. The molecule has 0 bridgehead atoms. The van der Waals surface area contributed by atoms with E-state index in [1.807, 2.05) is 18.4 Å². The molecule has 1 rings (SSSR count). The van der Waals surface area contributed by atoms with Gasteiger partial charge >= 0.3 is 0 Å². The molecule has 0 amide bonds. The highest BCUT2D eigenvalue weighted by Gasteiger charge is 2.24. The third-order valence-corrected chi connectivity index (χ3v) is 6.44. The summed E-state index contributed by atoms with van der Waals surface area (Å²) >= 11 is 0. The van der Waals surface area contributed by atoms with E-state index in [0.717, 1.165) is 31.9 Å². The fourth-order valence-corrected chi connectivity index (χ4v) is 4.60. The van der Waals surface area contributed by atoms with Gasteiger partial charge in [0.25, 0.3) is 0 Å². The van der Waals surface area contributed by atoms with E-state index < -0.39 is 9.84 Å². The molecule has 0 aliphatic heterocycles. The molecule has 0 N–H and O–H groups in total. The number of ether oxygens (including phenoxy) is 1. The van der Waals surface area contributed by atoms with E-state index in [9.17, 15) is 8.42 Å². The molecule has 0 saturated heterocycles. The Bertz CT molecular complexity index is 639. The maximum Gasteiger partial charge on any atom is 0.227 e. The van der Waals surface area contributed by atoms with Crippen molar-refractivity contribution in [2.75, 3.05) is 52.7 Å². The molecule has 0 unspecified atom stereocenters. The second-order valence-corrected chi connectivity index (χ2v) is 9.45. The Balaban J connectivity index is 2.92. The fraction of sp³-hybridized carbons (Fsp3) is 0.842. The quantitative estimate of drug-likeness (QED) is 0.475. The van der Waals surface area contributed by atoms with Crippen LogP contribution in [0.5, 0.6) is 0 Å². The number of aromatic nitrogens is 2. The third-order valence-electron chi connectivity index (χ3n) is 4.79. The van der Waals surface area contributed by atoms with Gasteiger partial charge in [0.1, 0.15) is 0 Å². The van der Waals surface area contributed by atoms with E-state index in [4.69, 9.17) is 4.74 Å². The molecule has 1 heterocycles. The first-order valence-electron chi connectivity index (χ1n) is 9.92. The van der Waals surface area contributed by atoms with E-state index in [1.54, 1.807) is 13.3 Å². The van der Waals surface area contributed by atoms with E-state index in [0.29, 0.717) is 32.0 Å². The van der Waals surface area contributed by atoms with Crippen molar-refractivity contribution in [3.8, 4) is 0 Å². The van der Waals surface area contributed by atoms with Gasteiger partial charge in [0.2, 0.25) is 15.0 Å². The predicted octanol–water partition coefficient (Wildman–Crippen LogP) is 2.12. The zero-order chi connectivity index (χ0) is 20.4. The largest absolute Gasteiger partial charge is 0.383 e. The van der Waals surface area contributed by atoms with E-state index in [-0.39, 0.29) is 10.9 Å². The normalized spacial score (nSPS) is 12.6. The average Bonchev–Trinajstić information content (AvgIpc) is 3.02. The monoisotopic (exact) mass is 402 g/mol. The molecule has 0 aromatic carbocycles. The lowest BCUT2D eigenvalue weighted by molar-refractivity contribution is 0.181. The highest BCUT2D eigenvalue weighted by atomic mass is 32.2. The number of likely N-dealkylation sites (N-methyl/N-ethyl adjacent to an activating group) is 2. The summed E-state index contributed by atoms with van der Waals surface area (Å²) in [5.74, 6) is 0.471. The predicted molar refractivity (Wildman–Crippen MR) is 110 cm³/mol. The van der Waals surface area contributed by atoms with Crippen LogP contribution in [-0.2, 0) is 27.7 Å². The molecule has 8 heteroatoms. The van der Waals surface area contributed by atoms with Gasteiger partial charge in [0.15, 0.2) is 0 Å². The highest BCUT2D eigenvalue weighted by Crippen LogP contribution is 2.17. The fourth-order valence-electron chi connectivity index (χ4n) is 2.88. The topological polar surface area (TPSA) is 67.7 Å². The molecule has 0 atom stereocenters. The Morgan fingerprint density at radius 2 is 1.89 bits per heavy atom. The van der Waals surface area contributed by atoms with Crippen LogP contribution >= 0.6 is 0 Å². The first kappa shape index (κ1) is 24.1. The molecular formula is C19H38N4O3S. The maximum atomic E-state index is 12.8. The lowest BCUT2D eigenvalue weighted by atomic mass is 10.2.